The smallest absolute Gasteiger partial charge is 0.198 e. The topological polar surface area (TPSA) is 53.7 Å². The maximum Gasteiger partial charge on any atom is 0.198 e. The van der Waals surface area contributed by atoms with Crippen LogP contribution in [0.25, 0.3) is 0 Å². The van der Waals surface area contributed by atoms with E-state index in [9.17, 15) is 0 Å². The molecule has 2 heterocycles. The van der Waals surface area contributed by atoms with Crippen molar-refractivity contribution in [2.24, 2.45) is 10.2 Å². The van der Waals surface area contributed by atoms with Crippen molar-refractivity contribution in [2.45, 2.75) is 19.4 Å². The molecule has 0 amide bonds. The summed E-state index contributed by atoms with van der Waals surface area (Å²) >= 11 is 6.12. The molecule has 3 rings (SSSR count). The standard InChI is InChI=1S/C15H16ClN5/c16-15-13(21-8-4-5-9-21)10-14(19-20-15)18-17-11-12-6-2-1-3-7-12/h1-3,6-7,10H,4-5,8-9,11H2. The van der Waals surface area contributed by atoms with Crippen LogP contribution in [-0.2, 0) is 6.54 Å². The molecule has 21 heavy (non-hydrogen) atoms. The summed E-state index contributed by atoms with van der Waals surface area (Å²) in [6, 6.07) is 11.8. The highest BCUT2D eigenvalue weighted by molar-refractivity contribution is 6.32. The lowest BCUT2D eigenvalue weighted by Gasteiger charge is -2.17. The number of anilines is 1. The maximum absolute atomic E-state index is 6.12. The van der Waals surface area contributed by atoms with Gasteiger partial charge in [-0.3, -0.25) is 0 Å². The highest BCUT2D eigenvalue weighted by atomic mass is 35.5. The van der Waals surface area contributed by atoms with Gasteiger partial charge in [0.15, 0.2) is 11.0 Å². The quantitative estimate of drug-likeness (QED) is 0.802. The minimum absolute atomic E-state index is 0.430. The first-order chi connectivity index (χ1) is 10.3. The molecule has 1 aliphatic heterocycles. The second-order valence-electron chi connectivity index (χ2n) is 4.96. The molecule has 2 aromatic rings. The third-order valence-electron chi connectivity index (χ3n) is 3.43. The second-order valence-corrected chi connectivity index (χ2v) is 5.32. The summed E-state index contributed by atoms with van der Waals surface area (Å²) in [6.45, 7) is 2.54. The maximum atomic E-state index is 6.12. The van der Waals surface area contributed by atoms with Gasteiger partial charge >= 0.3 is 0 Å². The Hall–Kier alpha value is -2.01. The molecule has 0 N–H and O–H groups in total. The first kappa shape index (κ1) is 13.9. The monoisotopic (exact) mass is 301 g/mol. The van der Waals surface area contributed by atoms with Crippen molar-refractivity contribution < 1.29 is 0 Å². The van der Waals surface area contributed by atoms with Crippen LogP contribution in [0.1, 0.15) is 18.4 Å². The number of hydrogen-bond donors (Lipinski definition) is 0. The minimum atomic E-state index is 0.430. The first-order valence-electron chi connectivity index (χ1n) is 7.02. The van der Waals surface area contributed by atoms with Gasteiger partial charge in [0, 0.05) is 19.2 Å². The lowest BCUT2D eigenvalue weighted by atomic mass is 10.2. The molecule has 0 aliphatic carbocycles. The van der Waals surface area contributed by atoms with Crippen LogP contribution in [0.2, 0.25) is 5.15 Å². The Morgan fingerprint density at radius 1 is 1.10 bits per heavy atom. The van der Waals surface area contributed by atoms with Crippen LogP contribution in [0.15, 0.2) is 46.6 Å². The molecular formula is C15H16ClN5. The van der Waals surface area contributed by atoms with E-state index in [-0.39, 0.29) is 0 Å². The summed E-state index contributed by atoms with van der Waals surface area (Å²) in [4.78, 5) is 2.22. The molecule has 0 saturated carbocycles. The number of benzene rings is 1. The summed E-state index contributed by atoms with van der Waals surface area (Å²) in [5.41, 5.74) is 2.01. The lowest BCUT2D eigenvalue weighted by Crippen LogP contribution is -2.18. The van der Waals surface area contributed by atoms with Gasteiger partial charge < -0.3 is 4.90 Å². The average molecular weight is 302 g/mol. The molecule has 0 spiro atoms. The fraction of sp³-hybridized carbons (Fsp3) is 0.333. The highest BCUT2D eigenvalue weighted by Crippen LogP contribution is 2.29. The van der Waals surface area contributed by atoms with Crippen molar-refractivity contribution in [3.8, 4) is 0 Å². The van der Waals surface area contributed by atoms with Crippen molar-refractivity contribution >= 4 is 23.1 Å². The molecule has 108 valence electrons. The zero-order valence-corrected chi connectivity index (χ0v) is 12.4. The molecule has 1 fully saturated rings. The third kappa shape index (κ3) is 3.55. The van der Waals surface area contributed by atoms with Crippen LogP contribution < -0.4 is 4.90 Å². The van der Waals surface area contributed by atoms with E-state index in [1.165, 1.54) is 12.8 Å². The highest BCUT2D eigenvalue weighted by Gasteiger charge is 2.17. The summed E-state index contributed by atoms with van der Waals surface area (Å²) in [5.74, 6) is 0.497. The summed E-state index contributed by atoms with van der Waals surface area (Å²) in [7, 11) is 0. The molecule has 1 saturated heterocycles. The van der Waals surface area contributed by atoms with Crippen LogP contribution in [0.5, 0.6) is 0 Å². The zero-order valence-electron chi connectivity index (χ0n) is 11.6. The van der Waals surface area contributed by atoms with E-state index in [2.05, 4.69) is 25.3 Å². The van der Waals surface area contributed by atoms with E-state index < -0.39 is 0 Å². The van der Waals surface area contributed by atoms with Crippen molar-refractivity contribution in [3.63, 3.8) is 0 Å². The van der Waals surface area contributed by atoms with Crippen LogP contribution in [0.3, 0.4) is 0 Å². The normalized spacial score (nSPS) is 15.0. The fourth-order valence-electron chi connectivity index (χ4n) is 2.36. The Balaban J connectivity index is 1.72. The number of halogens is 1. The van der Waals surface area contributed by atoms with Crippen molar-refractivity contribution in [1.82, 2.24) is 10.2 Å². The van der Waals surface area contributed by atoms with Gasteiger partial charge in [-0.05, 0) is 18.4 Å². The van der Waals surface area contributed by atoms with Gasteiger partial charge in [-0.2, -0.15) is 5.11 Å². The molecule has 1 aliphatic rings. The van der Waals surface area contributed by atoms with Crippen LogP contribution in [-0.4, -0.2) is 23.3 Å². The zero-order chi connectivity index (χ0) is 14.5. The molecule has 6 heteroatoms. The van der Waals surface area contributed by atoms with Crippen molar-refractivity contribution in [2.75, 3.05) is 18.0 Å². The Labute approximate surface area is 128 Å². The van der Waals surface area contributed by atoms with E-state index in [1.807, 2.05) is 36.4 Å². The summed E-state index contributed by atoms with van der Waals surface area (Å²) in [5, 5.41) is 16.7. The van der Waals surface area contributed by atoms with Gasteiger partial charge in [0.2, 0.25) is 0 Å². The Kier molecular flexibility index (Phi) is 4.40. The number of rotatable bonds is 4. The Morgan fingerprint density at radius 2 is 1.86 bits per heavy atom. The van der Waals surface area contributed by atoms with E-state index >= 15 is 0 Å². The van der Waals surface area contributed by atoms with Crippen LogP contribution in [0.4, 0.5) is 11.5 Å². The molecular weight excluding hydrogens is 286 g/mol. The molecule has 5 nitrogen and oxygen atoms in total. The predicted molar refractivity (Wildman–Crippen MR) is 83.2 cm³/mol. The fourth-order valence-corrected chi connectivity index (χ4v) is 2.57. The van der Waals surface area contributed by atoms with E-state index in [0.717, 1.165) is 24.3 Å². The van der Waals surface area contributed by atoms with E-state index in [4.69, 9.17) is 11.6 Å². The van der Waals surface area contributed by atoms with Crippen molar-refractivity contribution in [3.05, 3.63) is 47.1 Å². The average Bonchev–Trinajstić information content (AvgIpc) is 3.04. The molecule has 1 aromatic carbocycles. The predicted octanol–water partition coefficient (Wildman–Crippen LogP) is 4.01. The van der Waals surface area contributed by atoms with Gasteiger partial charge in [-0.15, -0.1) is 15.3 Å². The molecule has 0 atom stereocenters. The summed E-state index contributed by atoms with van der Waals surface area (Å²) < 4.78 is 0. The first-order valence-corrected chi connectivity index (χ1v) is 7.40. The van der Waals surface area contributed by atoms with Gasteiger partial charge in [-0.25, -0.2) is 0 Å². The Morgan fingerprint density at radius 3 is 2.62 bits per heavy atom. The van der Waals surface area contributed by atoms with Crippen LogP contribution >= 0.6 is 11.6 Å². The van der Waals surface area contributed by atoms with Gasteiger partial charge in [0.05, 0.1) is 12.2 Å². The van der Waals surface area contributed by atoms with Gasteiger partial charge in [-0.1, -0.05) is 41.9 Å². The SMILES string of the molecule is Clc1nnc(N=NCc2ccccc2)cc1N1CCCC1. The summed E-state index contributed by atoms with van der Waals surface area (Å²) in [6.07, 6.45) is 2.37. The van der Waals surface area contributed by atoms with E-state index in [1.54, 1.807) is 0 Å². The second kappa shape index (κ2) is 6.63. The van der Waals surface area contributed by atoms with Gasteiger partial charge in [0.1, 0.15) is 0 Å². The van der Waals surface area contributed by atoms with Crippen LogP contribution in [0, 0.1) is 0 Å². The number of hydrogen-bond acceptors (Lipinski definition) is 5. The Bertz CT molecular complexity index is 623. The lowest BCUT2D eigenvalue weighted by molar-refractivity contribution is 0.902. The largest absolute Gasteiger partial charge is 0.369 e. The number of azo groups is 1. The third-order valence-corrected chi connectivity index (χ3v) is 3.70. The van der Waals surface area contributed by atoms with Gasteiger partial charge in [0.25, 0.3) is 0 Å². The van der Waals surface area contributed by atoms with E-state index in [0.29, 0.717) is 17.5 Å². The molecule has 0 radical (unpaired) electrons. The number of aromatic nitrogens is 2. The molecule has 1 aromatic heterocycles. The minimum Gasteiger partial charge on any atom is -0.369 e. The molecule has 0 unspecified atom stereocenters. The van der Waals surface area contributed by atoms with Crippen molar-refractivity contribution in [1.29, 1.82) is 0 Å². The molecule has 0 bridgehead atoms. The number of nitrogens with zero attached hydrogens (tertiary/aromatic N) is 5.